The molecule has 2 aromatic heterocycles. The lowest BCUT2D eigenvalue weighted by Crippen LogP contribution is -2.45. The number of aryl methyl sites for hydroxylation is 1. The van der Waals surface area contributed by atoms with Gasteiger partial charge >= 0.3 is 0 Å². The molecule has 1 aromatic carbocycles. The molecule has 0 N–H and O–H groups in total. The van der Waals surface area contributed by atoms with Crippen molar-refractivity contribution in [3.8, 4) is 5.69 Å². The standard InChI is InChI=1S/C18H18N6O2S/c1-12-16(27-21-20-12)18(26)23-10-6-9-22(23)17(25)15-11-19-24(13(15)2)14-7-4-3-5-8-14/h3-5,7-8,11H,6,9-10H2,1-2H3. The van der Waals surface area contributed by atoms with Gasteiger partial charge in [-0.2, -0.15) is 5.10 Å². The fraction of sp³-hybridized carbons (Fsp3) is 0.278. The summed E-state index contributed by atoms with van der Waals surface area (Å²) in [5.74, 6) is -0.461. The van der Waals surface area contributed by atoms with E-state index in [0.717, 1.165) is 29.3 Å². The van der Waals surface area contributed by atoms with Gasteiger partial charge in [0.05, 0.1) is 28.8 Å². The molecule has 2 amide bonds. The normalized spacial score (nSPS) is 14.0. The first-order chi connectivity index (χ1) is 13.1. The van der Waals surface area contributed by atoms with Gasteiger partial charge in [0.1, 0.15) is 4.88 Å². The molecule has 138 valence electrons. The van der Waals surface area contributed by atoms with Gasteiger partial charge in [-0.05, 0) is 43.9 Å². The Kier molecular flexibility index (Phi) is 4.44. The number of benzene rings is 1. The first kappa shape index (κ1) is 17.3. The minimum atomic E-state index is -0.235. The molecule has 1 fully saturated rings. The lowest BCUT2D eigenvalue weighted by molar-refractivity contribution is 0.0188. The van der Waals surface area contributed by atoms with Gasteiger partial charge in [-0.3, -0.25) is 9.59 Å². The maximum Gasteiger partial charge on any atom is 0.286 e. The van der Waals surface area contributed by atoms with Crippen LogP contribution in [0.5, 0.6) is 0 Å². The van der Waals surface area contributed by atoms with E-state index in [1.165, 1.54) is 10.0 Å². The number of rotatable bonds is 3. The van der Waals surface area contributed by atoms with E-state index in [4.69, 9.17) is 0 Å². The van der Waals surface area contributed by atoms with Crippen molar-refractivity contribution in [3.05, 3.63) is 58.4 Å². The maximum atomic E-state index is 13.1. The van der Waals surface area contributed by atoms with Crippen LogP contribution in [0.25, 0.3) is 5.69 Å². The van der Waals surface area contributed by atoms with Crippen LogP contribution in [0.4, 0.5) is 0 Å². The van der Waals surface area contributed by atoms with Gasteiger partial charge in [0.15, 0.2) is 0 Å². The fourth-order valence-electron chi connectivity index (χ4n) is 3.17. The van der Waals surface area contributed by atoms with Gasteiger partial charge in [-0.15, -0.1) is 5.10 Å². The Labute approximate surface area is 160 Å². The molecule has 9 heteroatoms. The third-order valence-electron chi connectivity index (χ3n) is 4.59. The molecule has 3 aromatic rings. The van der Waals surface area contributed by atoms with E-state index in [9.17, 15) is 9.59 Å². The average molecular weight is 382 g/mol. The van der Waals surface area contributed by atoms with Crippen molar-refractivity contribution in [3.63, 3.8) is 0 Å². The second kappa shape index (κ2) is 6.92. The Morgan fingerprint density at radius 2 is 1.74 bits per heavy atom. The molecule has 3 heterocycles. The quantitative estimate of drug-likeness (QED) is 0.694. The van der Waals surface area contributed by atoms with E-state index in [1.54, 1.807) is 17.8 Å². The van der Waals surface area contributed by atoms with Gasteiger partial charge in [-0.1, -0.05) is 22.7 Å². The summed E-state index contributed by atoms with van der Waals surface area (Å²) >= 11 is 1.05. The van der Waals surface area contributed by atoms with Gasteiger partial charge in [-0.25, -0.2) is 14.7 Å². The molecule has 4 rings (SSSR count). The molecule has 0 atom stereocenters. The highest BCUT2D eigenvalue weighted by molar-refractivity contribution is 7.07. The van der Waals surface area contributed by atoms with Crippen molar-refractivity contribution in [2.24, 2.45) is 0 Å². The number of hydrogen-bond donors (Lipinski definition) is 0. The summed E-state index contributed by atoms with van der Waals surface area (Å²) in [4.78, 5) is 26.4. The smallest absolute Gasteiger partial charge is 0.267 e. The molecular weight excluding hydrogens is 364 g/mol. The van der Waals surface area contributed by atoms with Crippen LogP contribution in [-0.4, -0.2) is 54.3 Å². The topological polar surface area (TPSA) is 84.2 Å². The highest BCUT2D eigenvalue weighted by Crippen LogP contribution is 2.22. The van der Waals surface area contributed by atoms with Crippen LogP contribution in [0.15, 0.2) is 36.5 Å². The Morgan fingerprint density at radius 3 is 2.41 bits per heavy atom. The van der Waals surface area contributed by atoms with E-state index in [2.05, 4.69) is 14.7 Å². The number of carbonyl (C=O) groups excluding carboxylic acids is 2. The van der Waals surface area contributed by atoms with Crippen molar-refractivity contribution in [2.45, 2.75) is 20.3 Å². The van der Waals surface area contributed by atoms with E-state index < -0.39 is 0 Å². The summed E-state index contributed by atoms with van der Waals surface area (Å²) in [6, 6.07) is 9.63. The number of para-hydroxylation sites is 1. The monoisotopic (exact) mass is 382 g/mol. The molecule has 0 bridgehead atoms. The molecule has 27 heavy (non-hydrogen) atoms. The summed E-state index contributed by atoms with van der Waals surface area (Å²) in [6.07, 6.45) is 2.29. The Balaban J connectivity index is 1.62. The van der Waals surface area contributed by atoms with Crippen LogP contribution < -0.4 is 0 Å². The SMILES string of the molecule is Cc1nnsc1C(=O)N1CCCN1C(=O)c1cnn(-c2ccccc2)c1C. The van der Waals surface area contributed by atoms with E-state index in [-0.39, 0.29) is 11.8 Å². The Hall–Kier alpha value is -3.07. The number of nitrogens with zero attached hydrogens (tertiary/aromatic N) is 6. The number of hydrogen-bond acceptors (Lipinski definition) is 6. The third-order valence-corrected chi connectivity index (χ3v) is 5.40. The van der Waals surface area contributed by atoms with Crippen LogP contribution >= 0.6 is 11.5 Å². The molecule has 0 aliphatic carbocycles. The zero-order valence-corrected chi connectivity index (χ0v) is 15.8. The van der Waals surface area contributed by atoms with Crippen LogP contribution in [0.3, 0.4) is 0 Å². The molecule has 0 radical (unpaired) electrons. The van der Waals surface area contributed by atoms with Crippen molar-refractivity contribution in [2.75, 3.05) is 13.1 Å². The van der Waals surface area contributed by atoms with Crippen LogP contribution in [0.2, 0.25) is 0 Å². The van der Waals surface area contributed by atoms with Crippen molar-refractivity contribution < 1.29 is 9.59 Å². The highest BCUT2D eigenvalue weighted by atomic mass is 32.1. The molecule has 1 saturated heterocycles. The Bertz CT molecular complexity index is 996. The number of aromatic nitrogens is 4. The maximum absolute atomic E-state index is 13.1. The van der Waals surface area contributed by atoms with Crippen LogP contribution in [0.1, 0.15) is 37.8 Å². The largest absolute Gasteiger partial charge is 0.286 e. The van der Waals surface area contributed by atoms with Crippen LogP contribution in [0, 0.1) is 13.8 Å². The lowest BCUT2D eigenvalue weighted by Gasteiger charge is -2.27. The summed E-state index contributed by atoms with van der Waals surface area (Å²) in [7, 11) is 0. The third kappa shape index (κ3) is 2.99. The predicted octanol–water partition coefficient (Wildman–Crippen LogP) is 2.24. The second-order valence-corrected chi connectivity index (χ2v) is 7.04. The van der Waals surface area contributed by atoms with Crippen molar-refractivity contribution in [1.82, 2.24) is 29.4 Å². The summed E-state index contributed by atoms with van der Waals surface area (Å²) < 4.78 is 5.55. The molecule has 1 aliphatic heterocycles. The summed E-state index contributed by atoms with van der Waals surface area (Å²) in [5, 5.41) is 11.2. The van der Waals surface area contributed by atoms with Crippen molar-refractivity contribution >= 4 is 23.3 Å². The van der Waals surface area contributed by atoms with Gasteiger partial charge in [0.25, 0.3) is 11.8 Å². The van der Waals surface area contributed by atoms with Gasteiger partial charge in [0, 0.05) is 13.1 Å². The van der Waals surface area contributed by atoms with Crippen molar-refractivity contribution in [1.29, 1.82) is 0 Å². The highest BCUT2D eigenvalue weighted by Gasteiger charge is 2.34. The summed E-state index contributed by atoms with van der Waals surface area (Å²) in [6.45, 7) is 4.58. The average Bonchev–Trinajstić information content (AvgIpc) is 3.41. The van der Waals surface area contributed by atoms with Gasteiger partial charge in [0.2, 0.25) is 0 Å². The van der Waals surface area contributed by atoms with Crippen LogP contribution in [-0.2, 0) is 0 Å². The van der Waals surface area contributed by atoms with E-state index >= 15 is 0 Å². The molecule has 1 aliphatic rings. The predicted molar refractivity (Wildman–Crippen MR) is 99.6 cm³/mol. The van der Waals surface area contributed by atoms with Gasteiger partial charge < -0.3 is 0 Å². The minimum absolute atomic E-state index is 0.226. The molecule has 0 spiro atoms. The lowest BCUT2D eigenvalue weighted by atomic mass is 10.2. The summed E-state index contributed by atoms with van der Waals surface area (Å²) in [5.41, 5.74) is 2.69. The second-order valence-electron chi connectivity index (χ2n) is 6.29. The zero-order chi connectivity index (χ0) is 19.0. The van der Waals surface area contributed by atoms with E-state index in [1.807, 2.05) is 37.3 Å². The fourth-order valence-corrected chi connectivity index (χ4v) is 3.77. The zero-order valence-electron chi connectivity index (χ0n) is 15.0. The number of carbonyl (C=O) groups is 2. The Morgan fingerprint density at radius 1 is 1.04 bits per heavy atom. The number of hydrazine groups is 1. The van der Waals surface area contributed by atoms with E-state index in [0.29, 0.717) is 29.2 Å². The first-order valence-electron chi connectivity index (χ1n) is 8.60. The molecular formula is C18H18N6O2S. The molecule has 0 unspecified atom stereocenters. The number of amides is 2. The molecule has 0 saturated carbocycles. The molecule has 8 nitrogen and oxygen atoms in total. The minimum Gasteiger partial charge on any atom is -0.267 e. The first-order valence-corrected chi connectivity index (χ1v) is 9.38.